The maximum atomic E-state index is 12.5. The molecule has 3 aromatic rings. The van der Waals surface area contributed by atoms with Gasteiger partial charge in [0.05, 0.1) is 37.1 Å². The Morgan fingerprint density at radius 2 is 1.86 bits per heavy atom. The van der Waals surface area contributed by atoms with E-state index >= 15 is 0 Å². The van der Waals surface area contributed by atoms with Gasteiger partial charge >= 0.3 is 0 Å². The SMILES string of the molecule is COc1ccc(NC(=O)c2cnc(Nc3cccc(C#N)c3)nc2)c(OC)c1. The average molecular weight is 375 g/mol. The van der Waals surface area contributed by atoms with Gasteiger partial charge in [-0.2, -0.15) is 5.26 Å². The molecule has 0 bridgehead atoms. The first kappa shape index (κ1) is 18.7. The summed E-state index contributed by atoms with van der Waals surface area (Å²) in [4.78, 5) is 20.7. The first-order valence-corrected chi connectivity index (χ1v) is 8.25. The highest BCUT2D eigenvalue weighted by atomic mass is 16.5. The quantitative estimate of drug-likeness (QED) is 0.680. The Morgan fingerprint density at radius 1 is 1.07 bits per heavy atom. The number of amides is 1. The molecule has 1 heterocycles. The number of nitrogens with one attached hydrogen (secondary N) is 2. The second kappa shape index (κ2) is 8.51. The summed E-state index contributed by atoms with van der Waals surface area (Å²) in [7, 11) is 3.06. The first-order chi connectivity index (χ1) is 13.6. The molecule has 3 rings (SSSR count). The molecule has 0 atom stereocenters. The van der Waals surface area contributed by atoms with Crippen molar-refractivity contribution in [3.63, 3.8) is 0 Å². The molecule has 140 valence electrons. The standard InChI is InChI=1S/C20H17N5O3/c1-27-16-6-7-17(18(9-16)28-2)25-19(26)14-11-22-20(23-12-14)24-15-5-3-4-13(8-15)10-21/h3-9,11-12H,1-2H3,(H,25,26)(H,22,23,24). The molecule has 28 heavy (non-hydrogen) atoms. The number of ether oxygens (including phenoxy) is 2. The molecule has 1 amide bonds. The highest BCUT2D eigenvalue weighted by Gasteiger charge is 2.12. The molecule has 8 heteroatoms. The Bertz CT molecular complexity index is 1030. The van der Waals surface area contributed by atoms with E-state index in [-0.39, 0.29) is 11.5 Å². The van der Waals surface area contributed by atoms with Crippen LogP contribution in [0.1, 0.15) is 15.9 Å². The van der Waals surface area contributed by atoms with Crippen LogP contribution >= 0.6 is 0 Å². The van der Waals surface area contributed by atoms with E-state index in [9.17, 15) is 4.79 Å². The fraction of sp³-hybridized carbons (Fsp3) is 0.100. The van der Waals surface area contributed by atoms with Gasteiger partial charge in [-0.3, -0.25) is 4.79 Å². The number of carbonyl (C=O) groups is 1. The predicted molar refractivity (Wildman–Crippen MR) is 104 cm³/mol. The predicted octanol–water partition coefficient (Wildman–Crippen LogP) is 3.36. The summed E-state index contributed by atoms with van der Waals surface area (Å²) in [6.45, 7) is 0. The average Bonchev–Trinajstić information content (AvgIpc) is 2.74. The number of benzene rings is 2. The van der Waals surface area contributed by atoms with Crippen LogP contribution in [0.3, 0.4) is 0 Å². The largest absolute Gasteiger partial charge is 0.497 e. The van der Waals surface area contributed by atoms with Gasteiger partial charge in [0.2, 0.25) is 5.95 Å². The van der Waals surface area contributed by atoms with Crippen molar-refractivity contribution in [1.82, 2.24) is 9.97 Å². The van der Waals surface area contributed by atoms with Gasteiger partial charge in [0.1, 0.15) is 11.5 Å². The Balaban J connectivity index is 1.71. The van der Waals surface area contributed by atoms with Crippen LogP contribution in [0, 0.1) is 11.3 Å². The third-order valence-corrected chi connectivity index (χ3v) is 3.82. The van der Waals surface area contributed by atoms with Crippen LogP contribution in [0.5, 0.6) is 11.5 Å². The van der Waals surface area contributed by atoms with Crippen LogP contribution in [0.15, 0.2) is 54.9 Å². The third kappa shape index (κ3) is 4.34. The Morgan fingerprint density at radius 3 is 2.54 bits per heavy atom. The third-order valence-electron chi connectivity index (χ3n) is 3.82. The Hall–Kier alpha value is -4.12. The molecule has 0 aliphatic rings. The Labute approximate surface area is 161 Å². The maximum absolute atomic E-state index is 12.5. The molecule has 0 saturated heterocycles. The van der Waals surface area contributed by atoms with Crippen molar-refractivity contribution < 1.29 is 14.3 Å². The summed E-state index contributed by atoms with van der Waals surface area (Å²) in [6.07, 6.45) is 2.82. The van der Waals surface area contributed by atoms with Crippen molar-refractivity contribution >= 4 is 23.2 Å². The molecule has 0 saturated carbocycles. The molecule has 0 unspecified atom stereocenters. The number of nitriles is 1. The van der Waals surface area contributed by atoms with E-state index in [2.05, 4.69) is 26.7 Å². The van der Waals surface area contributed by atoms with E-state index in [4.69, 9.17) is 14.7 Å². The molecule has 2 N–H and O–H groups in total. The number of hydrogen-bond acceptors (Lipinski definition) is 7. The van der Waals surface area contributed by atoms with Crippen molar-refractivity contribution in [2.75, 3.05) is 24.9 Å². The van der Waals surface area contributed by atoms with E-state index in [0.717, 1.165) is 0 Å². The van der Waals surface area contributed by atoms with Crippen LogP contribution in [-0.2, 0) is 0 Å². The minimum atomic E-state index is -0.374. The summed E-state index contributed by atoms with van der Waals surface area (Å²) in [5, 5.41) is 14.7. The van der Waals surface area contributed by atoms with E-state index in [1.165, 1.54) is 19.5 Å². The Kier molecular flexibility index (Phi) is 5.67. The zero-order valence-electron chi connectivity index (χ0n) is 15.3. The molecule has 0 fully saturated rings. The van der Waals surface area contributed by atoms with E-state index in [0.29, 0.717) is 34.4 Å². The number of anilines is 3. The fourth-order valence-corrected chi connectivity index (χ4v) is 2.40. The number of nitrogens with zero attached hydrogens (tertiary/aromatic N) is 3. The summed E-state index contributed by atoms with van der Waals surface area (Å²) in [5.41, 5.74) is 1.99. The van der Waals surface area contributed by atoms with Crippen LogP contribution in [0.4, 0.5) is 17.3 Å². The van der Waals surface area contributed by atoms with Gasteiger partial charge in [-0.25, -0.2) is 9.97 Å². The number of hydrogen-bond donors (Lipinski definition) is 2. The van der Waals surface area contributed by atoms with Gasteiger partial charge in [-0.15, -0.1) is 0 Å². The van der Waals surface area contributed by atoms with E-state index in [1.54, 1.807) is 49.6 Å². The summed E-state index contributed by atoms with van der Waals surface area (Å²) < 4.78 is 10.4. The van der Waals surface area contributed by atoms with Crippen LogP contribution in [0.25, 0.3) is 0 Å². The second-order valence-electron chi connectivity index (χ2n) is 5.63. The van der Waals surface area contributed by atoms with Crippen LogP contribution < -0.4 is 20.1 Å². The van der Waals surface area contributed by atoms with Gasteiger partial charge in [0, 0.05) is 24.1 Å². The van der Waals surface area contributed by atoms with Crippen molar-refractivity contribution in [2.24, 2.45) is 0 Å². The molecule has 0 aliphatic carbocycles. The van der Waals surface area contributed by atoms with E-state index < -0.39 is 0 Å². The maximum Gasteiger partial charge on any atom is 0.258 e. The summed E-state index contributed by atoms with van der Waals surface area (Å²) >= 11 is 0. The molecular weight excluding hydrogens is 358 g/mol. The highest BCUT2D eigenvalue weighted by Crippen LogP contribution is 2.29. The number of rotatable bonds is 6. The second-order valence-corrected chi connectivity index (χ2v) is 5.63. The smallest absolute Gasteiger partial charge is 0.258 e. The van der Waals surface area contributed by atoms with Crippen molar-refractivity contribution in [2.45, 2.75) is 0 Å². The molecule has 0 aliphatic heterocycles. The molecular formula is C20H17N5O3. The van der Waals surface area contributed by atoms with Crippen LogP contribution in [-0.4, -0.2) is 30.1 Å². The van der Waals surface area contributed by atoms with E-state index in [1.807, 2.05) is 0 Å². The van der Waals surface area contributed by atoms with Crippen LogP contribution in [0.2, 0.25) is 0 Å². The van der Waals surface area contributed by atoms with Crippen molar-refractivity contribution in [3.05, 3.63) is 66.0 Å². The molecule has 0 radical (unpaired) electrons. The normalized spacial score (nSPS) is 9.89. The highest BCUT2D eigenvalue weighted by molar-refractivity contribution is 6.04. The lowest BCUT2D eigenvalue weighted by molar-refractivity contribution is 0.102. The monoisotopic (exact) mass is 375 g/mol. The molecule has 8 nitrogen and oxygen atoms in total. The topological polar surface area (TPSA) is 109 Å². The van der Waals surface area contributed by atoms with Gasteiger partial charge in [-0.05, 0) is 30.3 Å². The lowest BCUT2D eigenvalue weighted by Crippen LogP contribution is -2.13. The minimum absolute atomic E-state index is 0.286. The molecule has 2 aromatic carbocycles. The zero-order chi connectivity index (χ0) is 19.9. The zero-order valence-corrected chi connectivity index (χ0v) is 15.3. The summed E-state index contributed by atoms with van der Waals surface area (Å²) in [6, 6.07) is 14.1. The fourth-order valence-electron chi connectivity index (χ4n) is 2.40. The lowest BCUT2D eigenvalue weighted by atomic mass is 10.2. The van der Waals surface area contributed by atoms with Gasteiger partial charge in [0.15, 0.2) is 0 Å². The lowest BCUT2D eigenvalue weighted by Gasteiger charge is -2.11. The number of aromatic nitrogens is 2. The molecule has 0 spiro atoms. The van der Waals surface area contributed by atoms with Gasteiger partial charge in [-0.1, -0.05) is 6.07 Å². The number of methoxy groups -OCH3 is 2. The van der Waals surface area contributed by atoms with Gasteiger partial charge < -0.3 is 20.1 Å². The van der Waals surface area contributed by atoms with Gasteiger partial charge in [0.25, 0.3) is 5.91 Å². The minimum Gasteiger partial charge on any atom is -0.497 e. The first-order valence-electron chi connectivity index (χ1n) is 8.25. The van der Waals surface area contributed by atoms with Crippen molar-refractivity contribution in [3.8, 4) is 17.6 Å². The molecule has 1 aromatic heterocycles. The number of carbonyl (C=O) groups excluding carboxylic acids is 1. The summed E-state index contributed by atoms with van der Waals surface area (Å²) in [5.74, 6) is 1.04. The van der Waals surface area contributed by atoms with Crippen molar-refractivity contribution in [1.29, 1.82) is 5.26 Å².